The van der Waals surface area contributed by atoms with Crippen LogP contribution < -0.4 is 14.8 Å². The predicted octanol–water partition coefficient (Wildman–Crippen LogP) is 4.16. The van der Waals surface area contributed by atoms with E-state index in [1.807, 2.05) is 31.2 Å². The summed E-state index contributed by atoms with van der Waals surface area (Å²) in [6.45, 7) is 2.85. The van der Waals surface area contributed by atoms with Crippen LogP contribution in [0.25, 0.3) is 0 Å². The molecule has 2 N–H and O–H groups in total. The summed E-state index contributed by atoms with van der Waals surface area (Å²) in [5, 5.41) is 12.7. The fourth-order valence-corrected chi connectivity index (χ4v) is 2.72. The monoisotopic (exact) mass is 392 g/mol. The zero-order valence-corrected chi connectivity index (χ0v) is 16.3. The predicted molar refractivity (Wildman–Crippen MR) is 107 cm³/mol. The first-order chi connectivity index (χ1) is 13.1. The molecule has 0 spiro atoms. The van der Waals surface area contributed by atoms with Crippen molar-refractivity contribution in [2.75, 3.05) is 32.2 Å². The number of carbonyl (C=O) groups is 1. The van der Waals surface area contributed by atoms with Crippen LogP contribution in [0.5, 0.6) is 11.5 Å². The smallest absolute Gasteiger partial charge is 0.322 e. The first-order valence-electron chi connectivity index (χ1n) is 8.80. The van der Waals surface area contributed by atoms with Gasteiger partial charge in [0, 0.05) is 17.1 Å². The fraction of sp³-hybridized carbons (Fsp3) is 0.350. The maximum Gasteiger partial charge on any atom is 0.322 e. The van der Waals surface area contributed by atoms with Crippen molar-refractivity contribution in [2.45, 2.75) is 19.9 Å². The summed E-state index contributed by atoms with van der Waals surface area (Å²) in [5.74, 6) is 1.24. The van der Waals surface area contributed by atoms with E-state index in [4.69, 9.17) is 21.1 Å². The second kappa shape index (κ2) is 10.6. The van der Waals surface area contributed by atoms with Crippen molar-refractivity contribution in [2.24, 2.45) is 0 Å². The molecule has 0 bridgehead atoms. The van der Waals surface area contributed by atoms with Gasteiger partial charge in [-0.25, -0.2) is 4.79 Å². The van der Waals surface area contributed by atoms with Gasteiger partial charge >= 0.3 is 6.03 Å². The molecule has 0 radical (unpaired) electrons. The van der Waals surface area contributed by atoms with Crippen molar-refractivity contribution in [3.63, 3.8) is 0 Å². The molecule has 0 atom stereocenters. The van der Waals surface area contributed by atoms with Crippen molar-refractivity contribution in [1.29, 1.82) is 0 Å². The molecule has 0 heterocycles. The van der Waals surface area contributed by atoms with E-state index in [0.29, 0.717) is 35.4 Å². The quantitative estimate of drug-likeness (QED) is 0.672. The molecule has 146 valence electrons. The number of hydrogen-bond donors (Lipinski definition) is 2. The number of hydrogen-bond acceptors (Lipinski definition) is 4. The number of ether oxygens (including phenoxy) is 2. The van der Waals surface area contributed by atoms with Crippen LogP contribution in [0.4, 0.5) is 10.5 Å². The third-order valence-corrected chi connectivity index (χ3v) is 4.09. The lowest BCUT2D eigenvalue weighted by Crippen LogP contribution is -2.36. The summed E-state index contributed by atoms with van der Waals surface area (Å²) < 4.78 is 11.0. The van der Waals surface area contributed by atoms with Crippen LogP contribution in [-0.2, 0) is 6.54 Å². The zero-order valence-electron chi connectivity index (χ0n) is 15.6. The van der Waals surface area contributed by atoms with E-state index in [1.54, 1.807) is 25.3 Å². The Labute approximate surface area is 164 Å². The van der Waals surface area contributed by atoms with Gasteiger partial charge in [0.1, 0.15) is 11.5 Å². The number of amides is 2. The largest absolute Gasteiger partial charge is 0.496 e. The number of nitrogens with one attached hydrogen (secondary N) is 1. The van der Waals surface area contributed by atoms with Gasteiger partial charge in [-0.15, -0.1) is 0 Å². The lowest BCUT2D eigenvalue weighted by Gasteiger charge is -2.24. The van der Waals surface area contributed by atoms with Crippen LogP contribution in [0.15, 0.2) is 42.5 Å². The number of urea groups is 1. The Kier molecular flexibility index (Phi) is 8.23. The van der Waals surface area contributed by atoms with Gasteiger partial charge in [0.05, 0.1) is 32.6 Å². The third kappa shape index (κ3) is 6.05. The van der Waals surface area contributed by atoms with E-state index in [-0.39, 0.29) is 19.2 Å². The van der Waals surface area contributed by atoms with Crippen LogP contribution in [0.3, 0.4) is 0 Å². The van der Waals surface area contributed by atoms with Gasteiger partial charge in [0.25, 0.3) is 0 Å². The number of aliphatic hydroxyl groups is 1. The normalized spacial score (nSPS) is 10.4. The molecule has 0 saturated carbocycles. The third-order valence-electron chi connectivity index (χ3n) is 3.86. The molecule has 2 aromatic rings. The molecule has 2 rings (SSSR count). The van der Waals surface area contributed by atoms with Crippen LogP contribution in [0.1, 0.15) is 18.9 Å². The summed E-state index contributed by atoms with van der Waals surface area (Å²) in [7, 11) is 1.58. The topological polar surface area (TPSA) is 71.0 Å². The minimum atomic E-state index is -0.362. The molecule has 0 aliphatic rings. The minimum Gasteiger partial charge on any atom is -0.496 e. The van der Waals surface area contributed by atoms with Crippen LogP contribution >= 0.6 is 11.6 Å². The molecule has 2 aromatic carbocycles. The lowest BCUT2D eigenvalue weighted by molar-refractivity contribution is 0.184. The summed E-state index contributed by atoms with van der Waals surface area (Å²) in [6, 6.07) is 12.2. The van der Waals surface area contributed by atoms with Crippen molar-refractivity contribution in [3.05, 3.63) is 53.1 Å². The highest BCUT2D eigenvalue weighted by Crippen LogP contribution is 2.29. The number of para-hydroxylation sites is 1. The molecule has 0 fully saturated rings. The summed E-state index contributed by atoms with van der Waals surface area (Å²) in [6.07, 6.45) is 0.848. The first-order valence-corrected chi connectivity index (χ1v) is 9.17. The van der Waals surface area contributed by atoms with Gasteiger partial charge in [-0.05, 0) is 30.7 Å². The molecule has 0 aliphatic heterocycles. The highest BCUT2D eigenvalue weighted by atomic mass is 35.5. The van der Waals surface area contributed by atoms with Gasteiger partial charge in [-0.3, -0.25) is 0 Å². The van der Waals surface area contributed by atoms with Crippen LogP contribution in [0, 0.1) is 0 Å². The number of halogens is 1. The Balaban J connectivity index is 2.18. The molecule has 2 amide bonds. The van der Waals surface area contributed by atoms with Gasteiger partial charge < -0.3 is 24.8 Å². The molecular formula is C20H25ClN2O4. The number of rotatable bonds is 9. The zero-order chi connectivity index (χ0) is 19.6. The summed E-state index contributed by atoms with van der Waals surface area (Å²) >= 11 is 6.07. The highest BCUT2D eigenvalue weighted by molar-refractivity contribution is 6.31. The maximum atomic E-state index is 12.8. The first kappa shape index (κ1) is 20.9. The Morgan fingerprint density at radius 2 is 2.00 bits per heavy atom. The molecule has 0 unspecified atom stereocenters. The minimum absolute atomic E-state index is 0.155. The lowest BCUT2D eigenvalue weighted by atomic mass is 10.2. The molecule has 0 aromatic heterocycles. The second-order valence-electron chi connectivity index (χ2n) is 5.88. The average molecular weight is 393 g/mol. The Morgan fingerprint density at radius 3 is 2.70 bits per heavy atom. The number of benzene rings is 2. The van der Waals surface area contributed by atoms with E-state index in [1.165, 1.54) is 4.90 Å². The van der Waals surface area contributed by atoms with Crippen molar-refractivity contribution < 1.29 is 19.4 Å². The molecule has 0 aliphatic carbocycles. The highest BCUT2D eigenvalue weighted by Gasteiger charge is 2.17. The van der Waals surface area contributed by atoms with Gasteiger partial charge in [-0.1, -0.05) is 36.7 Å². The fourth-order valence-electron chi connectivity index (χ4n) is 2.54. The summed E-state index contributed by atoms with van der Waals surface area (Å²) in [5.41, 5.74) is 1.33. The van der Waals surface area contributed by atoms with Gasteiger partial charge in [0.15, 0.2) is 0 Å². The summed E-state index contributed by atoms with van der Waals surface area (Å²) in [4.78, 5) is 14.3. The Bertz CT molecular complexity index is 755. The van der Waals surface area contributed by atoms with E-state index in [9.17, 15) is 9.90 Å². The second-order valence-corrected chi connectivity index (χ2v) is 6.31. The van der Waals surface area contributed by atoms with Crippen molar-refractivity contribution in [1.82, 2.24) is 4.90 Å². The maximum absolute atomic E-state index is 12.8. The SMILES string of the molecule is CCCOc1ccc(Cl)cc1NC(=O)N(CCO)Cc1ccccc1OC. The molecule has 7 heteroatoms. The van der Waals surface area contributed by atoms with Crippen molar-refractivity contribution in [3.8, 4) is 11.5 Å². The molecule has 0 saturated heterocycles. The Hall–Kier alpha value is -2.44. The number of carbonyl (C=O) groups excluding carboxylic acids is 1. The van der Waals surface area contributed by atoms with E-state index < -0.39 is 0 Å². The van der Waals surface area contributed by atoms with E-state index in [2.05, 4.69) is 5.32 Å². The number of anilines is 1. The molecular weight excluding hydrogens is 368 g/mol. The number of nitrogens with zero attached hydrogens (tertiary/aromatic N) is 1. The molecule has 6 nitrogen and oxygen atoms in total. The van der Waals surface area contributed by atoms with Crippen LogP contribution in [0.2, 0.25) is 5.02 Å². The van der Waals surface area contributed by atoms with Crippen molar-refractivity contribution >= 4 is 23.3 Å². The van der Waals surface area contributed by atoms with E-state index in [0.717, 1.165) is 12.0 Å². The van der Waals surface area contributed by atoms with E-state index >= 15 is 0 Å². The Morgan fingerprint density at radius 1 is 1.22 bits per heavy atom. The van der Waals surface area contributed by atoms with Gasteiger partial charge in [-0.2, -0.15) is 0 Å². The standard InChI is InChI=1S/C20H25ClN2O4/c1-3-12-27-19-9-8-16(21)13-17(19)22-20(25)23(10-11-24)14-15-6-4-5-7-18(15)26-2/h4-9,13,24H,3,10-12,14H2,1-2H3,(H,22,25). The van der Waals surface area contributed by atoms with Crippen LogP contribution in [-0.4, -0.2) is 42.9 Å². The number of methoxy groups -OCH3 is 1. The number of aliphatic hydroxyl groups excluding tert-OH is 1. The van der Waals surface area contributed by atoms with Gasteiger partial charge in [0.2, 0.25) is 0 Å². The average Bonchev–Trinajstić information content (AvgIpc) is 2.67. The molecule has 27 heavy (non-hydrogen) atoms.